The van der Waals surface area contributed by atoms with Gasteiger partial charge in [-0.2, -0.15) is 10.2 Å². The van der Waals surface area contributed by atoms with Crippen molar-refractivity contribution in [1.29, 1.82) is 0 Å². The van der Waals surface area contributed by atoms with Gasteiger partial charge < -0.3 is 5.32 Å². The first kappa shape index (κ1) is 17.6. The third-order valence-electron chi connectivity index (χ3n) is 4.30. The number of carbonyl (C=O) groups excluding carboxylic acids is 1. The van der Waals surface area contributed by atoms with E-state index in [1.807, 2.05) is 36.4 Å². The highest BCUT2D eigenvalue weighted by Crippen LogP contribution is 2.13. The summed E-state index contributed by atoms with van der Waals surface area (Å²) in [6, 6.07) is 14.6. The Hall–Kier alpha value is -3.81. The fourth-order valence-corrected chi connectivity index (χ4v) is 2.97. The molecule has 4 rings (SSSR count). The predicted molar refractivity (Wildman–Crippen MR) is 103 cm³/mol. The molecule has 0 saturated heterocycles. The zero-order chi connectivity index (χ0) is 19.3. The molecule has 140 valence electrons. The second kappa shape index (κ2) is 7.83. The number of rotatable bonds is 6. The molecule has 0 spiro atoms. The highest BCUT2D eigenvalue weighted by molar-refractivity contribution is 5.84. The van der Waals surface area contributed by atoms with E-state index >= 15 is 0 Å². The summed E-state index contributed by atoms with van der Waals surface area (Å²) in [6.45, 7) is 0.598. The Morgan fingerprint density at radius 2 is 1.82 bits per heavy atom. The summed E-state index contributed by atoms with van der Waals surface area (Å²) in [5.74, 6) is -0.183. The van der Waals surface area contributed by atoms with Crippen LogP contribution in [0.3, 0.4) is 0 Å². The normalized spacial score (nSPS) is 10.9. The minimum absolute atomic E-state index is 0.124. The molecule has 8 heteroatoms. The fraction of sp³-hybridized carbons (Fsp3) is 0.150. The second-order valence-electron chi connectivity index (χ2n) is 6.26. The van der Waals surface area contributed by atoms with Crippen LogP contribution < -0.4 is 10.9 Å². The smallest absolute Gasteiger partial charge is 0.275 e. The molecule has 0 atom stereocenters. The molecule has 28 heavy (non-hydrogen) atoms. The first-order valence-corrected chi connectivity index (χ1v) is 8.83. The summed E-state index contributed by atoms with van der Waals surface area (Å²) in [4.78, 5) is 29.3. The standard InChI is InChI=1S/C20H18N6O2/c27-19(14-25-11-5-10-23-25)22-12-18-16-7-1-2-8-17(16)20(28)26(24-18)13-15-6-3-4-9-21-15/h1-11H,12-14H2,(H,22,27). The highest BCUT2D eigenvalue weighted by Gasteiger charge is 2.12. The first-order chi connectivity index (χ1) is 13.7. The summed E-state index contributed by atoms with van der Waals surface area (Å²) in [5, 5.41) is 12.6. The Labute approximate surface area is 160 Å². The molecule has 0 aliphatic carbocycles. The molecule has 1 N–H and O–H groups in total. The predicted octanol–water partition coefficient (Wildman–Crippen LogP) is 1.35. The van der Waals surface area contributed by atoms with Crippen molar-refractivity contribution in [2.24, 2.45) is 0 Å². The quantitative estimate of drug-likeness (QED) is 0.550. The minimum atomic E-state index is -0.187. The van der Waals surface area contributed by atoms with Gasteiger partial charge >= 0.3 is 0 Å². The molecule has 0 fully saturated rings. The van der Waals surface area contributed by atoms with Crippen LogP contribution in [0.4, 0.5) is 0 Å². The van der Waals surface area contributed by atoms with Crippen molar-refractivity contribution in [2.45, 2.75) is 19.6 Å². The van der Waals surface area contributed by atoms with Crippen LogP contribution >= 0.6 is 0 Å². The van der Waals surface area contributed by atoms with Crippen LogP contribution in [0.5, 0.6) is 0 Å². The van der Waals surface area contributed by atoms with E-state index < -0.39 is 0 Å². The van der Waals surface area contributed by atoms with Crippen molar-refractivity contribution in [3.8, 4) is 0 Å². The lowest BCUT2D eigenvalue weighted by Gasteiger charge is -2.12. The van der Waals surface area contributed by atoms with Crippen LogP contribution in [-0.4, -0.2) is 30.5 Å². The number of benzene rings is 1. The van der Waals surface area contributed by atoms with Gasteiger partial charge in [0.1, 0.15) is 6.54 Å². The number of amides is 1. The molecule has 0 aliphatic rings. The maximum absolute atomic E-state index is 12.8. The Morgan fingerprint density at radius 3 is 2.57 bits per heavy atom. The van der Waals surface area contributed by atoms with Gasteiger partial charge in [-0.25, -0.2) is 4.68 Å². The van der Waals surface area contributed by atoms with Gasteiger partial charge in [0.25, 0.3) is 5.56 Å². The molecule has 0 bridgehead atoms. The van der Waals surface area contributed by atoms with Gasteiger partial charge in [-0.05, 0) is 24.3 Å². The van der Waals surface area contributed by atoms with Crippen molar-refractivity contribution < 1.29 is 4.79 Å². The SMILES string of the molecule is O=C(Cn1cccn1)NCc1nn(Cc2ccccn2)c(=O)c2ccccc12. The van der Waals surface area contributed by atoms with Gasteiger partial charge in [0.2, 0.25) is 5.91 Å². The Kier molecular flexibility index (Phi) is 4.92. The summed E-state index contributed by atoms with van der Waals surface area (Å²) in [6.07, 6.45) is 5.02. The average Bonchev–Trinajstić information content (AvgIpc) is 3.23. The van der Waals surface area contributed by atoms with E-state index in [0.717, 1.165) is 11.1 Å². The van der Waals surface area contributed by atoms with Crippen molar-refractivity contribution in [3.63, 3.8) is 0 Å². The van der Waals surface area contributed by atoms with E-state index in [0.29, 0.717) is 11.1 Å². The minimum Gasteiger partial charge on any atom is -0.349 e. The van der Waals surface area contributed by atoms with Crippen molar-refractivity contribution in [1.82, 2.24) is 29.9 Å². The monoisotopic (exact) mass is 374 g/mol. The van der Waals surface area contributed by atoms with E-state index in [9.17, 15) is 9.59 Å². The Bertz CT molecular complexity index is 1150. The number of nitrogens with one attached hydrogen (secondary N) is 1. The number of hydrogen-bond acceptors (Lipinski definition) is 5. The van der Waals surface area contributed by atoms with Gasteiger partial charge in [0.15, 0.2) is 0 Å². The maximum Gasteiger partial charge on any atom is 0.275 e. The summed E-state index contributed by atoms with van der Waals surface area (Å²) in [5.41, 5.74) is 1.17. The number of nitrogens with zero attached hydrogens (tertiary/aromatic N) is 5. The van der Waals surface area contributed by atoms with Crippen LogP contribution in [0.25, 0.3) is 10.8 Å². The van der Waals surface area contributed by atoms with E-state index in [4.69, 9.17) is 0 Å². The molecule has 0 saturated carbocycles. The van der Waals surface area contributed by atoms with Gasteiger partial charge in [0.05, 0.1) is 29.9 Å². The third-order valence-corrected chi connectivity index (χ3v) is 4.30. The molecule has 1 amide bonds. The molecular weight excluding hydrogens is 356 g/mol. The lowest BCUT2D eigenvalue weighted by molar-refractivity contribution is -0.122. The molecule has 0 radical (unpaired) electrons. The van der Waals surface area contributed by atoms with Crippen molar-refractivity contribution >= 4 is 16.7 Å². The number of carbonyl (C=O) groups is 1. The molecule has 1 aromatic carbocycles. The first-order valence-electron chi connectivity index (χ1n) is 8.83. The number of fused-ring (bicyclic) bond motifs is 1. The van der Waals surface area contributed by atoms with Gasteiger partial charge in [-0.3, -0.25) is 19.3 Å². The molecular formula is C20H18N6O2. The van der Waals surface area contributed by atoms with E-state index in [1.165, 1.54) is 4.68 Å². The number of aromatic nitrogens is 5. The van der Waals surface area contributed by atoms with E-state index in [-0.39, 0.29) is 31.1 Å². The number of hydrogen-bond donors (Lipinski definition) is 1. The van der Waals surface area contributed by atoms with Crippen molar-refractivity contribution in [2.75, 3.05) is 0 Å². The lowest BCUT2D eigenvalue weighted by Crippen LogP contribution is -2.30. The number of pyridine rings is 1. The highest BCUT2D eigenvalue weighted by atomic mass is 16.2. The molecule has 0 aliphatic heterocycles. The fourth-order valence-electron chi connectivity index (χ4n) is 2.97. The van der Waals surface area contributed by atoms with Crippen LogP contribution in [0.15, 0.2) is 71.9 Å². The summed E-state index contributed by atoms with van der Waals surface area (Å²) >= 11 is 0. The largest absolute Gasteiger partial charge is 0.349 e. The van der Waals surface area contributed by atoms with E-state index in [2.05, 4.69) is 20.5 Å². The van der Waals surface area contributed by atoms with Crippen LogP contribution in [0.2, 0.25) is 0 Å². The zero-order valence-corrected chi connectivity index (χ0v) is 15.0. The molecule has 8 nitrogen and oxygen atoms in total. The van der Waals surface area contributed by atoms with Crippen LogP contribution in [0, 0.1) is 0 Å². The topological polar surface area (TPSA) is 94.7 Å². The van der Waals surface area contributed by atoms with Gasteiger partial charge in [0, 0.05) is 24.0 Å². The van der Waals surface area contributed by atoms with Crippen LogP contribution in [0.1, 0.15) is 11.4 Å². The van der Waals surface area contributed by atoms with Crippen molar-refractivity contribution in [3.05, 3.63) is 88.9 Å². The zero-order valence-electron chi connectivity index (χ0n) is 15.0. The maximum atomic E-state index is 12.8. The summed E-state index contributed by atoms with van der Waals surface area (Å²) in [7, 11) is 0. The Balaban J connectivity index is 1.62. The van der Waals surface area contributed by atoms with E-state index in [1.54, 1.807) is 35.4 Å². The van der Waals surface area contributed by atoms with Crippen LogP contribution in [-0.2, 0) is 24.4 Å². The molecule has 4 aromatic rings. The molecule has 0 unspecified atom stereocenters. The Morgan fingerprint density at radius 1 is 1.00 bits per heavy atom. The average molecular weight is 374 g/mol. The second-order valence-corrected chi connectivity index (χ2v) is 6.26. The molecule has 3 aromatic heterocycles. The lowest BCUT2D eigenvalue weighted by atomic mass is 10.1. The molecule has 3 heterocycles. The summed E-state index contributed by atoms with van der Waals surface area (Å²) < 4.78 is 2.93. The van der Waals surface area contributed by atoms with Gasteiger partial charge in [-0.15, -0.1) is 0 Å². The third kappa shape index (κ3) is 3.80. The van der Waals surface area contributed by atoms with Gasteiger partial charge in [-0.1, -0.05) is 24.3 Å².